The summed E-state index contributed by atoms with van der Waals surface area (Å²) >= 11 is 0. The van der Waals surface area contributed by atoms with Gasteiger partial charge in [0.25, 0.3) is 0 Å². The minimum absolute atomic E-state index is 0.0248. The number of ether oxygens (including phenoxy) is 1. The van der Waals surface area contributed by atoms with Crippen LogP contribution in [0.3, 0.4) is 0 Å². The highest BCUT2D eigenvalue weighted by Gasteiger charge is 2.40. The van der Waals surface area contributed by atoms with E-state index >= 15 is 0 Å². The predicted octanol–water partition coefficient (Wildman–Crippen LogP) is 4.32. The summed E-state index contributed by atoms with van der Waals surface area (Å²) < 4.78 is 58.7. The van der Waals surface area contributed by atoms with Crippen molar-refractivity contribution in [1.29, 1.82) is 0 Å². The average molecular weight is 379 g/mol. The molecule has 2 aromatic carbocycles. The fraction of sp³-hybridized carbons (Fsp3) is 0.111. The first-order valence-electron chi connectivity index (χ1n) is 7.75. The van der Waals surface area contributed by atoms with Gasteiger partial charge in [-0.15, -0.1) is 0 Å². The Morgan fingerprint density at radius 2 is 1.74 bits per heavy atom. The lowest BCUT2D eigenvalue weighted by Crippen LogP contribution is -2.27. The van der Waals surface area contributed by atoms with Gasteiger partial charge in [0, 0.05) is 6.54 Å². The van der Waals surface area contributed by atoms with Gasteiger partial charge in [-0.05, 0) is 29.8 Å². The maximum absolute atomic E-state index is 13.5. The first kappa shape index (κ1) is 18.4. The van der Waals surface area contributed by atoms with Gasteiger partial charge < -0.3 is 10.1 Å². The number of hydrogen-bond donors (Lipinski definition) is 1. The van der Waals surface area contributed by atoms with Crippen LogP contribution in [0.2, 0.25) is 0 Å². The molecule has 0 fully saturated rings. The van der Waals surface area contributed by atoms with Gasteiger partial charge in [0.1, 0.15) is 5.82 Å². The molecule has 1 aromatic heterocycles. The van der Waals surface area contributed by atoms with E-state index in [9.17, 15) is 22.4 Å². The summed E-state index contributed by atoms with van der Waals surface area (Å²) in [4.78, 5) is 11.9. The van der Waals surface area contributed by atoms with Crippen molar-refractivity contribution in [2.45, 2.75) is 12.7 Å². The topological polar surface area (TPSA) is 56.1 Å². The van der Waals surface area contributed by atoms with Gasteiger partial charge in [0.15, 0.2) is 11.4 Å². The predicted molar refractivity (Wildman–Crippen MR) is 87.8 cm³/mol. The standard InChI is InChI=1S/C18H13F4N3O2/c19-13-6-8-14(9-7-13)25-16(18(20,21)22)15(11-24-25)27-17(26)23-10-12-4-2-1-3-5-12/h1-9,11H,10H2,(H,23,26). The summed E-state index contributed by atoms with van der Waals surface area (Å²) in [5, 5.41) is 5.99. The minimum atomic E-state index is -4.85. The average Bonchev–Trinajstić information content (AvgIpc) is 3.05. The Balaban J connectivity index is 1.81. The van der Waals surface area contributed by atoms with Crippen LogP contribution in [-0.2, 0) is 12.7 Å². The molecule has 0 radical (unpaired) electrons. The highest BCUT2D eigenvalue weighted by atomic mass is 19.4. The molecule has 27 heavy (non-hydrogen) atoms. The molecule has 0 unspecified atom stereocenters. The smallest absolute Gasteiger partial charge is 0.406 e. The Morgan fingerprint density at radius 1 is 1.07 bits per heavy atom. The van der Waals surface area contributed by atoms with Crippen molar-refractivity contribution in [2.75, 3.05) is 0 Å². The number of rotatable bonds is 4. The van der Waals surface area contributed by atoms with Crippen LogP contribution < -0.4 is 10.1 Å². The number of aromatic nitrogens is 2. The summed E-state index contributed by atoms with van der Waals surface area (Å²) in [6.07, 6.45) is -5.11. The molecule has 0 saturated heterocycles. The van der Waals surface area contributed by atoms with Crippen molar-refractivity contribution in [3.05, 3.63) is 77.9 Å². The van der Waals surface area contributed by atoms with Crippen LogP contribution in [0.5, 0.6) is 5.75 Å². The lowest BCUT2D eigenvalue weighted by Gasteiger charge is -2.13. The van der Waals surface area contributed by atoms with Crippen LogP contribution in [0.4, 0.5) is 22.4 Å². The SMILES string of the molecule is O=C(NCc1ccccc1)Oc1cnn(-c2ccc(F)cc2)c1C(F)(F)F. The summed E-state index contributed by atoms with van der Waals surface area (Å²) in [6.45, 7) is 0.0904. The number of hydrogen-bond acceptors (Lipinski definition) is 3. The fourth-order valence-corrected chi connectivity index (χ4v) is 2.35. The molecule has 1 amide bonds. The van der Waals surface area contributed by atoms with E-state index in [-0.39, 0.29) is 12.2 Å². The van der Waals surface area contributed by atoms with Crippen LogP contribution >= 0.6 is 0 Å². The Bertz CT molecular complexity index is 922. The minimum Gasteiger partial charge on any atom is -0.406 e. The molecule has 0 saturated carbocycles. The van der Waals surface area contributed by atoms with Crippen molar-refractivity contribution < 1.29 is 27.1 Å². The molecular formula is C18H13F4N3O2. The van der Waals surface area contributed by atoms with Crippen molar-refractivity contribution >= 4 is 6.09 Å². The van der Waals surface area contributed by atoms with Crippen molar-refractivity contribution in [1.82, 2.24) is 15.1 Å². The second kappa shape index (κ2) is 7.48. The van der Waals surface area contributed by atoms with Gasteiger partial charge in [-0.3, -0.25) is 0 Å². The second-order valence-corrected chi connectivity index (χ2v) is 5.47. The molecule has 9 heteroatoms. The molecule has 0 atom stereocenters. The van der Waals surface area contributed by atoms with Gasteiger partial charge >= 0.3 is 12.3 Å². The van der Waals surface area contributed by atoms with Gasteiger partial charge in [-0.2, -0.15) is 18.3 Å². The van der Waals surface area contributed by atoms with Crippen LogP contribution in [0, 0.1) is 5.82 Å². The lowest BCUT2D eigenvalue weighted by molar-refractivity contribution is -0.143. The van der Waals surface area contributed by atoms with Crippen molar-refractivity contribution in [3.8, 4) is 11.4 Å². The number of halogens is 4. The van der Waals surface area contributed by atoms with E-state index in [2.05, 4.69) is 10.4 Å². The number of nitrogens with one attached hydrogen (secondary N) is 1. The number of alkyl halides is 3. The van der Waals surface area contributed by atoms with E-state index in [4.69, 9.17) is 4.74 Å². The number of amides is 1. The number of nitrogens with zero attached hydrogens (tertiary/aromatic N) is 2. The third-order valence-corrected chi connectivity index (χ3v) is 3.56. The molecule has 0 aliphatic carbocycles. The second-order valence-electron chi connectivity index (χ2n) is 5.47. The number of carbonyl (C=O) groups is 1. The summed E-state index contributed by atoms with van der Waals surface area (Å²) in [7, 11) is 0. The number of benzene rings is 2. The molecule has 0 aliphatic heterocycles. The van der Waals surface area contributed by atoms with E-state index in [1.807, 2.05) is 0 Å². The molecular weight excluding hydrogens is 366 g/mol. The van der Waals surface area contributed by atoms with Crippen LogP contribution in [0.15, 0.2) is 60.8 Å². The Kier molecular flexibility index (Phi) is 5.11. The third-order valence-electron chi connectivity index (χ3n) is 3.56. The van der Waals surface area contributed by atoms with Crippen LogP contribution in [-0.4, -0.2) is 15.9 Å². The summed E-state index contributed by atoms with van der Waals surface area (Å²) in [6, 6.07) is 13.1. The van der Waals surface area contributed by atoms with Crippen molar-refractivity contribution in [2.24, 2.45) is 0 Å². The van der Waals surface area contributed by atoms with Gasteiger partial charge in [0.2, 0.25) is 0 Å². The largest absolute Gasteiger partial charge is 0.437 e. The van der Waals surface area contributed by atoms with Gasteiger partial charge in [-0.1, -0.05) is 30.3 Å². The molecule has 0 aliphatic rings. The molecule has 1 N–H and O–H groups in total. The zero-order valence-corrected chi connectivity index (χ0v) is 13.7. The van der Waals surface area contributed by atoms with Crippen molar-refractivity contribution in [3.63, 3.8) is 0 Å². The van der Waals surface area contributed by atoms with Crippen LogP contribution in [0.1, 0.15) is 11.3 Å². The molecule has 0 bridgehead atoms. The van der Waals surface area contributed by atoms with E-state index in [0.29, 0.717) is 4.68 Å². The molecule has 3 aromatic rings. The van der Waals surface area contributed by atoms with Gasteiger partial charge in [0.05, 0.1) is 11.9 Å². The zero-order valence-electron chi connectivity index (χ0n) is 13.7. The maximum atomic E-state index is 13.5. The Labute approximate surface area is 151 Å². The van der Waals surface area contributed by atoms with E-state index in [1.54, 1.807) is 30.3 Å². The Hall–Kier alpha value is -3.36. The molecule has 1 heterocycles. The van der Waals surface area contributed by atoms with Gasteiger partial charge in [-0.25, -0.2) is 13.9 Å². The fourth-order valence-electron chi connectivity index (χ4n) is 2.35. The first-order chi connectivity index (χ1) is 12.8. The molecule has 0 spiro atoms. The highest BCUT2D eigenvalue weighted by molar-refractivity contribution is 5.70. The summed E-state index contributed by atoms with van der Waals surface area (Å²) in [5.41, 5.74) is -0.542. The maximum Gasteiger partial charge on any atom is 0.437 e. The molecule has 3 rings (SSSR count). The van der Waals surface area contributed by atoms with Crippen LogP contribution in [0.25, 0.3) is 5.69 Å². The third kappa shape index (κ3) is 4.43. The summed E-state index contributed by atoms with van der Waals surface area (Å²) in [5.74, 6) is -1.35. The Morgan fingerprint density at radius 3 is 2.37 bits per heavy atom. The van der Waals surface area contributed by atoms with E-state index in [1.165, 1.54) is 0 Å². The number of carbonyl (C=O) groups excluding carboxylic acids is 1. The van der Waals surface area contributed by atoms with E-state index < -0.39 is 29.5 Å². The zero-order chi connectivity index (χ0) is 19.4. The first-order valence-corrected chi connectivity index (χ1v) is 7.75. The molecule has 140 valence electrons. The highest BCUT2D eigenvalue weighted by Crippen LogP contribution is 2.37. The van der Waals surface area contributed by atoms with E-state index in [0.717, 1.165) is 36.0 Å². The monoisotopic (exact) mass is 379 g/mol. The normalized spacial score (nSPS) is 11.3. The molecule has 5 nitrogen and oxygen atoms in total. The lowest BCUT2D eigenvalue weighted by atomic mass is 10.2. The quantitative estimate of drug-likeness (QED) is 0.687.